The van der Waals surface area contributed by atoms with Crippen LogP contribution in [0.2, 0.25) is 0 Å². The van der Waals surface area contributed by atoms with E-state index in [2.05, 4.69) is 49.1 Å². The highest BCUT2D eigenvalue weighted by Gasteiger charge is 2.27. The van der Waals surface area contributed by atoms with Crippen molar-refractivity contribution in [1.82, 2.24) is 4.90 Å². The molecule has 1 aliphatic heterocycles. The molecule has 2 nitrogen and oxygen atoms in total. The number of nitrogens with zero attached hydrogens (tertiary/aromatic N) is 2. The SMILES string of the molecule is Cc1ccc(C(C)C(C#N)N2CCCC2)cc1. The highest BCUT2D eigenvalue weighted by molar-refractivity contribution is 5.27. The maximum atomic E-state index is 9.38. The molecule has 0 radical (unpaired) electrons. The van der Waals surface area contributed by atoms with E-state index in [9.17, 15) is 5.26 Å². The van der Waals surface area contributed by atoms with Crippen LogP contribution in [0.3, 0.4) is 0 Å². The molecule has 0 aliphatic carbocycles. The molecule has 2 atom stereocenters. The van der Waals surface area contributed by atoms with Gasteiger partial charge in [-0.25, -0.2) is 0 Å². The molecule has 90 valence electrons. The number of rotatable bonds is 3. The molecular weight excluding hydrogens is 208 g/mol. The third-order valence-corrected chi connectivity index (χ3v) is 3.74. The first-order valence-electron chi connectivity index (χ1n) is 6.42. The van der Waals surface area contributed by atoms with Gasteiger partial charge in [0.05, 0.1) is 6.07 Å². The molecule has 1 saturated heterocycles. The highest BCUT2D eigenvalue weighted by Crippen LogP contribution is 2.25. The molecule has 0 N–H and O–H groups in total. The van der Waals surface area contributed by atoms with Crippen LogP contribution in [0, 0.1) is 18.3 Å². The number of likely N-dealkylation sites (tertiary alicyclic amines) is 1. The van der Waals surface area contributed by atoms with E-state index in [0.717, 1.165) is 13.1 Å². The Morgan fingerprint density at radius 3 is 2.29 bits per heavy atom. The average molecular weight is 228 g/mol. The van der Waals surface area contributed by atoms with Crippen molar-refractivity contribution in [2.24, 2.45) is 0 Å². The summed E-state index contributed by atoms with van der Waals surface area (Å²) in [5, 5.41) is 9.38. The third kappa shape index (κ3) is 2.68. The number of nitriles is 1. The van der Waals surface area contributed by atoms with Gasteiger partial charge in [0.15, 0.2) is 0 Å². The zero-order chi connectivity index (χ0) is 12.3. The standard InChI is InChI=1S/C15H20N2/c1-12-5-7-14(8-6-12)13(2)15(11-16)17-9-3-4-10-17/h5-8,13,15H,3-4,9-10H2,1-2H3. The first-order chi connectivity index (χ1) is 8.22. The van der Waals surface area contributed by atoms with Crippen molar-refractivity contribution < 1.29 is 0 Å². The van der Waals surface area contributed by atoms with Crippen LogP contribution < -0.4 is 0 Å². The fourth-order valence-corrected chi connectivity index (χ4v) is 2.58. The zero-order valence-electron chi connectivity index (χ0n) is 10.7. The topological polar surface area (TPSA) is 27.0 Å². The Bertz CT molecular complexity index is 396. The zero-order valence-corrected chi connectivity index (χ0v) is 10.7. The highest BCUT2D eigenvalue weighted by atomic mass is 15.2. The van der Waals surface area contributed by atoms with Gasteiger partial charge in [-0.1, -0.05) is 36.8 Å². The van der Waals surface area contributed by atoms with Gasteiger partial charge in [-0.05, 0) is 38.4 Å². The Hall–Kier alpha value is -1.33. The number of hydrogen-bond acceptors (Lipinski definition) is 2. The van der Waals surface area contributed by atoms with E-state index in [-0.39, 0.29) is 6.04 Å². The van der Waals surface area contributed by atoms with E-state index in [1.54, 1.807) is 0 Å². The Labute approximate surface area is 104 Å². The molecule has 2 heteroatoms. The Kier molecular flexibility index (Phi) is 3.81. The monoisotopic (exact) mass is 228 g/mol. The summed E-state index contributed by atoms with van der Waals surface area (Å²) in [4.78, 5) is 2.32. The summed E-state index contributed by atoms with van der Waals surface area (Å²) >= 11 is 0. The van der Waals surface area contributed by atoms with Crippen molar-refractivity contribution in [3.8, 4) is 6.07 Å². The molecule has 1 fully saturated rings. The molecule has 0 bridgehead atoms. The average Bonchev–Trinajstić information content (AvgIpc) is 2.84. The van der Waals surface area contributed by atoms with Crippen molar-refractivity contribution in [3.63, 3.8) is 0 Å². The van der Waals surface area contributed by atoms with Crippen LogP contribution in [-0.2, 0) is 0 Å². The van der Waals surface area contributed by atoms with Gasteiger partial charge >= 0.3 is 0 Å². The Balaban J connectivity index is 2.14. The van der Waals surface area contributed by atoms with Crippen molar-refractivity contribution in [1.29, 1.82) is 5.26 Å². The van der Waals surface area contributed by atoms with E-state index >= 15 is 0 Å². The van der Waals surface area contributed by atoms with Crippen LogP contribution in [0.5, 0.6) is 0 Å². The van der Waals surface area contributed by atoms with E-state index in [1.807, 2.05) is 0 Å². The molecule has 1 heterocycles. The fraction of sp³-hybridized carbons (Fsp3) is 0.533. The molecule has 0 spiro atoms. The van der Waals surface area contributed by atoms with Gasteiger partial charge in [-0.2, -0.15) is 5.26 Å². The first kappa shape index (κ1) is 12.1. The normalized spacial score (nSPS) is 19.8. The van der Waals surface area contributed by atoms with Crippen LogP contribution in [0.15, 0.2) is 24.3 Å². The molecule has 2 unspecified atom stereocenters. The minimum atomic E-state index is 0.0280. The second-order valence-electron chi connectivity index (χ2n) is 5.02. The van der Waals surface area contributed by atoms with Gasteiger partial charge < -0.3 is 0 Å². The molecule has 0 aromatic heterocycles. The quantitative estimate of drug-likeness (QED) is 0.795. The fourth-order valence-electron chi connectivity index (χ4n) is 2.58. The van der Waals surface area contributed by atoms with Gasteiger partial charge in [-0.3, -0.25) is 4.90 Å². The molecule has 0 amide bonds. The van der Waals surface area contributed by atoms with Crippen LogP contribution in [0.1, 0.15) is 36.8 Å². The van der Waals surface area contributed by atoms with Crippen molar-refractivity contribution in [3.05, 3.63) is 35.4 Å². The number of benzene rings is 1. The summed E-state index contributed by atoms with van der Waals surface area (Å²) < 4.78 is 0. The van der Waals surface area contributed by atoms with Crippen LogP contribution in [0.25, 0.3) is 0 Å². The maximum absolute atomic E-state index is 9.38. The van der Waals surface area contributed by atoms with E-state index in [1.165, 1.54) is 24.0 Å². The molecule has 1 aromatic rings. The molecule has 1 aliphatic rings. The van der Waals surface area contributed by atoms with E-state index < -0.39 is 0 Å². The molecule has 1 aromatic carbocycles. The lowest BCUT2D eigenvalue weighted by atomic mass is 9.92. The molecule has 17 heavy (non-hydrogen) atoms. The Morgan fingerprint density at radius 1 is 1.18 bits per heavy atom. The van der Waals surface area contributed by atoms with Gasteiger partial charge in [0.25, 0.3) is 0 Å². The second-order valence-corrected chi connectivity index (χ2v) is 5.02. The van der Waals surface area contributed by atoms with E-state index in [4.69, 9.17) is 0 Å². The lowest BCUT2D eigenvalue weighted by Gasteiger charge is -2.27. The summed E-state index contributed by atoms with van der Waals surface area (Å²) in [6.07, 6.45) is 2.47. The van der Waals surface area contributed by atoms with Crippen LogP contribution in [-0.4, -0.2) is 24.0 Å². The van der Waals surface area contributed by atoms with Crippen molar-refractivity contribution >= 4 is 0 Å². The predicted octanol–water partition coefficient (Wildman–Crippen LogP) is 3.09. The summed E-state index contributed by atoms with van der Waals surface area (Å²) in [5.74, 6) is 0.290. The minimum absolute atomic E-state index is 0.0280. The largest absolute Gasteiger partial charge is 0.288 e. The predicted molar refractivity (Wildman–Crippen MR) is 69.8 cm³/mol. The second kappa shape index (κ2) is 5.33. The van der Waals surface area contributed by atoms with Crippen molar-refractivity contribution in [2.45, 2.75) is 38.6 Å². The van der Waals surface area contributed by atoms with Crippen molar-refractivity contribution in [2.75, 3.05) is 13.1 Å². The third-order valence-electron chi connectivity index (χ3n) is 3.74. The van der Waals surface area contributed by atoms with Crippen LogP contribution >= 0.6 is 0 Å². The van der Waals surface area contributed by atoms with Crippen LogP contribution in [0.4, 0.5) is 0 Å². The smallest absolute Gasteiger partial charge is 0.104 e. The van der Waals surface area contributed by atoms with Gasteiger partial charge in [0.1, 0.15) is 6.04 Å². The summed E-state index contributed by atoms with van der Waals surface area (Å²) in [6, 6.07) is 11.1. The van der Waals surface area contributed by atoms with Gasteiger partial charge in [-0.15, -0.1) is 0 Å². The van der Waals surface area contributed by atoms with Gasteiger partial charge in [0, 0.05) is 5.92 Å². The van der Waals surface area contributed by atoms with Gasteiger partial charge in [0.2, 0.25) is 0 Å². The molecular formula is C15H20N2. The lowest BCUT2D eigenvalue weighted by Crippen LogP contribution is -2.35. The Morgan fingerprint density at radius 2 is 1.76 bits per heavy atom. The molecule has 2 rings (SSSR count). The maximum Gasteiger partial charge on any atom is 0.104 e. The summed E-state index contributed by atoms with van der Waals surface area (Å²) in [5.41, 5.74) is 2.55. The minimum Gasteiger partial charge on any atom is -0.288 e. The number of hydrogen-bond donors (Lipinski definition) is 0. The molecule has 0 saturated carbocycles. The summed E-state index contributed by atoms with van der Waals surface area (Å²) in [7, 11) is 0. The summed E-state index contributed by atoms with van der Waals surface area (Å²) in [6.45, 7) is 6.41. The van der Waals surface area contributed by atoms with E-state index in [0.29, 0.717) is 5.92 Å². The lowest BCUT2D eigenvalue weighted by molar-refractivity contribution is 0.263. The first-order valence-corrected chi connectivity index (χ1v) is 6.42. The number of aryl methyl sites for hydroxylation is 1.